The zero-order valence-electron chi connectivity index (χ0n) is 8.46. The van der Waals surface area contributed by atoms with Crippen molar-refractivity contribution in [3.05, 3.63) is 39.4 Å². The van der Waals surface area contributed by atoms with Crippen LogP contribution in [-0.2, 0) is 0 Å². The van der Waals surface area contributed by atoms with E-state index < -0.39 is 0 Å². The Morgan fingerprint density at radius 2 is 2.00 bits per heavy atom. The number of rotatable bonds is 2. The quantitative estimate of drug-likeness (QED) is 0.471. The lowest BCUT2D eigenvalue weighted by atomic mass is 10.1. The normalized spacial score (nSPS) is 13.1. The number of hydrogen-bond donors (Lipinski definition) is 1. The SMILES string of the molecule is CC(=C/c1ccc(Cl)cc1Cl)/C(C)=N/O. The minimum absolute atomic E-state index is 0.556. The topological polar surface area (TPSA) is 32.6 Å². The van der Waals surface area contributed by atoms with E-state index in [1.807, 2.05) is 19.1 Å². The number of allylic oxidation sites excluding steroid dienone is 1. The molecular weight excluding hydrogens is 233 g/mol. The molecule has 0 saturated heterocycles. The summed E-state index contributed by atoms with van der Waals surface area (Å²) in [6, 6.07) is 5.25. The van der Waals surface area contributed by atoms with Crippen LogP contribution >= 0.6 is 23.2 Å². The van der Waals surface area contributed by atoms with Gasteiger partial charge in [0.05, 0.1) is 5.71 Å². The van der Waals surface area contributed by atoms with Crippen molar-refractivity contribution in [3.63, 3.8) is 0 Å². The first kappa shape index (κ1) is 12.1. The minimum Gasteiger partial charge on any atom is -0.411 e. The Labute approximate surface area is 98.8 Å². The van der Waals surface area contributed by atoms with Crippen molar-refractivity contribution >= 4 is 35.0 Å². The van der Waals surface area contributed by atoms with E-state index in [4.69, 9.17) is 28.4 Å². The summed E-state index contributed by atoms with van der Waals surface area (Å²) in [5, 5.41) is 12.9. The molecule has 0 amide bonds. The Balaban J connectivity index is 3.09. The Morgan fingerprint density at radius 1 is 1.33 bits per heavy atom. The number of nitrogens with zero attached hydrogens (tertiary/aromatic N) is 1. The van der Waals surface area contributed by atoms with Crippen LogP contribution in [0, 0.1) is 0 Å². The standard InChI is InChI=1S/C11H11Cl2NO/c1-7(8(2)14-15)5-9-3-4-10(12)6-11(9)13/h3-6,15H,1-2H3/b7-5-,14-8+. The Morgan fingerprint density at radius 3 is 2.53 bits per heavy atom. The average Bonchev–Trinajstić information content (AvgIpc) is 2.20. The van der Waals surface area contributed by atoms with Crippen LogP contribution in [0.1, 0.15) is 19.4 Å². The molecule has 0 fully saturated rings. The second-order valence-electron chi connectivity index (χ2n) is 3.18. The van der Waals surface area contributed by atoms with Crippen LogP contribution in [0.2, 0.25) is 10.0 Å². The molecule has 0 radical (unpaired) electrons. The number of hydrogen-bond acceptors (Lipinski definition) is 2. The van der Waals surface area contributed by atoms with Crippen LogP contribution in [0.15, 0.2) is 28.9 Å². The van der Waals surface area contributed by atoms with Crippen molar-refractivity contribution in [2.75, 3.05) is 0 Å². The summed E-state index contributed by atoms with van der Waals surface area (Å²) < 4.78 is 0. The zero-order valence-corrected chi connectivity index (χ0v) is 9.97. The first-order valence-electron chi connectivity index (χ1n) is 4.37. The van der Waals surface area contributed by atoms with Gasteiger partial charge < -0.3 is 5.21 Å². The maximum atomic E-state index is 8.59. The van der Waals surface area contributed by atoms with Gasteiger partial charge in [-0.05, 0) is 43.2 Å². The van der Waals surface area contributed by atoms with Gasteiger partial charge in [-0.15, -0.1) is 0 Å². The van der Waals surface area contributed by atoms with Gasteiger partial charge in [-0.25, -0.2) is 0 Å². The van der Waals surface area contributed by atoms with Crippen molar-refractivity contribution in [2.24, 2.45) is 5.16 Å². The fraction of sp³-hybridized carbons (Fsp3) is 0.182. The lowest BCUT2D eigenvalue weighted by Crippen LogP contribution is -1.92. The van der Waals surface area contributed by atoms with E-state index in [9.17, 15) is 0 Å². The van der Waals surface area contributed by atoms with Gasteiger partial charge in [-0.2, -0.15) is 0 Å². The number of halogens is 2. The second kappa shape index (κ2) is 5.19. The summed E-state index contributed by atoms with van der Waals surface area (Å²) in [6.45, 7) is 3.57. The van der Waals surface area contributed by atoms with Gasteiger partial charge >= 0.3 is 0 Å². The van der Waals surface area contributed by atoms with Gasteiger partial charge in [-0.3, -0.25) is 0 Å². The van der Waals surface area contributed by atoms with Gasteiger partial charge in [0, 0.05) is 10.0 Å². The summed E-state index contributed by atoms with van der Waals surface area (Å²) in [4.78, 5) is 0. The summed E-state index contributed by atoms with van der Waals surface area (Å²) >= 11 is 11.8. The van der Waals surface area contributed by atoms with E-state index in [0.29, 0.717) is 15.8 Å². The van der Waals surface area contributed by atoms with E-state index in [1.165, 1.54) is 0 Å². The van der Waals surface area contributed by atoms with Crippen LogP contribution in [0.5, 0.6) is 0 Å². The smallest absolute Gasteiger partial charge is 0.0794 e. The molecule has 0 aromatic heterocycles. The molecule has 2 nitrogen and oxygen atoms in total. The highest BCUT2D eigenvalue weighted by Crippen LogP contribution is 2.23. The van der Waals surface area contributed by atoms with Crippen LogP contribution in [0.4, 0.5) is 0 Å². The summed E-state index contributed by atoms with van der Waals surface area (Å²) in [5.74, 6) is 0. The van der Waals surface area contributed by atoms with Crippen LogP contribution in [0.3, 0.4) is 0 Å². The van der Waals surface area contributed by atoms with Gasteiger partial charge in [0.2, 0.25) is 0 Å². The first-order chi connectivity index (χ1) is 7.04. The lowest BCUT2D eigenvalue weighted by molar-refractivity contribution is 0.319. The highest BCUT2D eigenvalue weighted by atomic mass is 35.5. The van der Waals surface area contributed by atoms with E-state index in [2.05, 4.69) is 5.16 Å². The molecule has 0 atom stereocenters. The molecule has 0 saturated carbocycles. The third-order valence-electron chi connectivity index (χ3n) is 2.06. The van der Waals surface area contributed by atoms with Crippen LogP contribution < -0.4 is 0 Å². The zero-order chi connectivity index (χ0) is 11.4. The molecule has 0 unspecified atom stereocenters. The highest BCUT2D eigenvalue weighted by Gasteiger charge is 2.01. The number of oxime groups is 1. The molecule has 1 rings (SSSR count). The molecule has 0 bridgehead atoms. The molecule has 80 valence electrons. The molecule has 0 spiro atoms. The van der Waals surface area contributed by atoms with Gasteiger partial charge in [-0.1, -0.05) is 34.4 Å². The molecule has 4 heteroatoms. The largest absolute Gasteiger partial charge is 0.411 e. The minimum atomic E-state index is 0.556. The molecule has 0 aliphatic carbocycles. The van der Waals surface area contributed by atoms with Crippen LogP contribution in [0.25, 0.3) is 6.08 Å². The third-order valence-corrected chi connectivity index (χ3v) is 2.62. The molecular formula is C11H11Cl2NO. The van der Waals surface area contributed by atoms with Gasteiger partial charge in [0.25, 0.3) is 0 Å². The molecule has 0 aliphatic heterocycles. The Bertz CT molecular complexity index is 425. The monoisotopic (exact) mass is 243 g/mol. The van der Waals surface area contributed by atoms with Crippen molar-refractivity contribution in [3.8, 4) is 0 Å². The summed E-state index contributed by atoms with van der Waals surface area (Å²) in [6.07, 6.45) is 1.84. The maximum Gasteiger partial charge on any atom is 0.0794 e. The summed E-state index contributed by atoms with van der Waals surface area (Å²) in [5.41, 5.74) is 2.25. The second-order valence-corrected chi connectivity index (χ2v) is 4.02. The van der Waals surface area contributed by atoms with Gasteiger partial charge in [0.15, 0.2) is 0 Å². The Hall–Kier alpha value is -0.990. The van der Waals surface area contributed by atoms with Crippen molar-refractivity contribution in [1.82, 2.24) is 0 Å². The molecule has 0 heterocycles. The summed E-state index contributed by atoms with van der Waals surface area (Å²) in [7, 11) is 0. The molecule has 15 heavy (non-hydrogen) atoms. The Kier molecular flexibility index (Phi) is 4.18. The first-order valence-corrected chi connectivity index (χ1v) is 5.12. The van der Waals surface area contributed by atoms with Crippen molar-refractivity contribution in [2.45, 2.75) is 13.8 Å². The lowest BCUT2D eigenvalue weighted by Gasteiger charge is -2.01. The average molecular weight is 244 g/mol. The van der Waals surface area contributed by atoms with E-state index in [1.54, 1.807) is 19.1 Å². The fourth-order valence-electron chi connectivity index (χ4n) is 1.04. The third kappa shape index (κ3) is 3.26. The van der Waals surface area contributed by atoms with Crippen molar-refractivity contribution < 1.29 is 5.21 Å². The van der Waals surface area contributed by atoms with E-state index in [0.717, 1.165) is 11.1 Å². The predicted octanol–water partition coefficient (Wildman–Crippen LogP) is 4.25. The van der Waals surface area contributed by atoms with E-state index in [-0.39, 0.29) is 0 Å². The predicted molar refractivity (Wildman–Crippen MR) is 65.0 cm³/mol. The van der Waals surface area contributed by atoms with Crippen molar-refractivity contribution in [1.29, 1.82) is 0 Å². The number of benzene rings is 1. The molecule has 1 aromatic rings. The van der Waals surface area contributed by atoms with E-state index >= 15 is 0 Å². The maximum absolute atomic E-state index is 8.59. The fourth-order valence-corrected chi connectivity index (χ4v) is 1.50. The molecule has 0 aliphatic rings. The van der Waals surface area contributed by atoms with Crippen LogP contribution in [-0.4, -0.2) is 10.9 Å². The van der Waals surface area contributed by atoms with Gasteiger partial charge in [0.1, 0.15) is 0 Å². The highest BCUT2D eigenvalue weighted by molar-refractivity contribution is 6.35. The molecule has 1 N–H and O–H groups in total. The molecule has 1 aromatic carbocycles.